The molecule has 3 aliphatic rings. The molecule has 2 saturated carbocycles. The number of nitrogens with zero attached hydrogens (tertiary/aromatic N) is 3. The Labute approximate surface area is 159 Å². The number of imidazole rings is 1. The normalized spacial score (nSPS) is 29.8. The fourth-order valence-electron chi connectivity index (χ4n) is 5.30. The Bertz CT molecular complexity index is 744. The van der Waals surface area contributed by atoms with Gasteiger partial charge in [0.05, 0.1) is 13.2 Å². The van der Waals surface area contributed by atoms with E-state index < -0.39 is 0 Å². The molecule has 27 heavy (non-hydrogen) atoms. The van der Waals surface area contributed by atoms with Crippen LogP contribution in [0.2, 0.25) is 0 Å². The van der Waals surface area contributed by atoms with Crippen molar-refractivity contribution in [3.63, 3.8) is 0 Å². The Kier molecular flexibility index (Phi) is 4.78. The molecule has 2 heterocycles. The summed E-state index contributed by atoms with van der Waals surface area (Å²) in [4.78, 5) is 47.8. The van der Waals surface area contributed by atoms with E-state index in [4.69, 9.17) is 4.98 Å². The predicted molar refractivity (Wildman–Crippen MR) is 101 cm³/mol. The monoisotopic (exact) mass is 372 g/mol. The van der Waals surface area contributed by atoms with E-state index in [2.05, 4.69) is 4.98 Å². The number of rotatable bonds is 6. The number of aromatic amines is 1. The molecule has 7 nitrogen and oxygen atoms in total. The van der Waals surface area contributed by atoms with Crippen LogP contribution in [0.15, 0.2) is 0 Å². The van der Waals surface area contributed by atoms with Crippen molar-refractivity contribution in [2.24, 2.45) is 17.8 Å². The standard InChI is InChI=1S/C20H28N4O3/c1-3-6-23-11-24(9-12(2)26)19-17(20(23)27)21-18(22-19)15-7-13-4-5-14(8-15)16(13)10-25/h10,13-16H,3-9,11H2,1-2H3,(H,21,22). The maximum Gasteiger partial charge on any atom is 0.275 e. The van der Waals surface area contributed by atoms with Gasteiger partial charge in [-0.1, -0.05) is 6.92 Å². The van der Waals surface area contributed by atoms with Crippen LogP contribution in [0.5, 0.6) is 0 Å². The van der Waals surface area contributed by atoms with Crippen LogP contribution < -0.4 is 4.90 Å². The molecule has 2 bridgehead atoms. The van der Waals surface area contributed by atoms with Gasteiger partial charge in [-0.05, 0) is 50.9 Å². The maximum atomic E-state index is 12.9. The summed E-state index contributed by atoms with van der Waals surface area (Å²) in [6.07, 6.45) is 6.15. The van der Waals surface area contributed by atoms with Crippen LogP contribution in [-0.4, -0.2) is 52.6 Å². The van der Waals surface area contributed by atoms with Gasteiger partial charge >= 0.3 is 0 Å². The number of nitrogens with one attached hydrogen (secondary N) is 1. The molecule has 1 aromatic heterocycles. The first-order valence-corrected chi connectivity index (χ1v) is 10.1. The number of carbonyl (C=O) groups excluding carboxylic acids is 3. The summed E-state index contributed by atoms with van der Waals surface area (Å²) in [5.41, 5.74) is 0.510. The quantitative estimate of drug-likeness (QED) is 0.775. The third-order valence-corrected chi connectivity index (χ3v) is 6.47. The summed E-state index contributed by atoms with van der Waals surface area (Å²) in [5, 5.41) is 0. The lowest BCUT2D eigenvalue weighted by Crippen LogP contribution is -2.48. The molecule has 2 aliphatic carbocycles. The van der Waals surface area contributed by atoms with Crippen LogP contribution in [0.1, 0.15) is 68.2 Å². The minimum atomic E-state index is -0.0325. The van der Waals surface area contributed by atoms with Gasteiger partial charge in [-0.25, -0.2) is 4.98 Å². The number of amides is 1. The number of Topliss-reactive ketones (excluding diaryl/α,β-unsaturated/α-hetero) is 1. The fraction of sp³-hybridized carbons (Fsp3) is 0.700. The second kappa shape index (κ2) is 7.09. The summed E-state index contributed by atoms with van der Waals surface area (Å²) in [7, 11) is 0. The Hall–Kier alpha value is -2.18. The number of hydrogen-bond acceptors (Lipinski definition) is 5. The van der Waals surface area contributed by atoms with E-state index in [-0.39, 0.29) is 30.1 Å². The van der Waals surface area contributed by atoms with Crippen LogP contribution >= 0.6 is 0 Å². The average molecular weight is 372 g/mol. The Morgan fingerprint density at radius 3 is 2.56 bits per heavy atom. The number of fused-ring (bicyclic) bond motifs is 3. The average Bonchev–Trinajstić information content (AvgIpc) is 3.18. The van der Waals surface area contributed by atoms with Gasteiger partial charge in [-0.2, -0.15) is 0 Å². The smallest absolute Gasteiger partial charge is 0.275 e. The van der Waals surface area contributed by atoms with Crippen molar-refractivity contribution in [2.75, 3.05) is 24.7 Å². The molecule has 2 atom stereocenters. The number of carbonyl (C=O) groups is 3. The maximum absolute atomic E-state index is 12.9. The minimum Gasteiger partial charge on any atom is -0.336 e. The molecule has 2 fully saturated rings. The van der Waals surface area contributed by atoms with E-state index >= 15 is 0 Å². The van der Waals surface area contributed by atoms with Gasteiger partial charge in [0, 0.05) is 18.4 Å². The van der Waals surface area contributed by atoms with Crippen molar-refractivity contribution in [2.45, 2.75) is 51.9 Å². The van der Waals surface area contributed by atoms with E-state index in [0.717, 1.165) is 44.2 Å². The number of H-pyrrole nitrogens is 1. The number of hydrogen-bond donors (Lipinski definition) is 1. The van der Waals surface area contributed by atoms with Crippen molar-refractivity contribution >= 4 is 23.8 Å². The molecule has 7 heteroatoms. The molecule has 0 saturated heterocycles. The first-order valence-electron chi connectivity index (χ1n) is 10.1. The zero-order chi connectivity index (χ0) is 19.1. The molecule has 146 valence electrons. The van der Waals surface area contributed by atoms with Crippen molar-refractivity contribution < 1.29 is 14.4 Å². The highest BCUT2D eigenvalue weighted by Gasteiger charge is 2.44. The first kappa shape index (κ1) is 18.2. The Morgan fingerprint density at radius 2 is 1.96 bits per heavy atom. The lowest BCUT2D eigenvalue weighted by Gasteiger charge is -2.34. The predicted octanol–water partition coefficient (Wildman–Crippen LogP) is 2.35. The third kappa shape index (κ3) is 3.17. The van der Waals surface area contributed by atoms with E-state index in [9.17, 15) is 14.4 Å². The van der Waals surface area contributed by atoms with Crippen LogP contribution in [0.4, 0.5) is 5.82 Å². The van der Waals surface area contributed by atoms with Crippen LogP contribution in [0.3, 0.4) is 0 Å². The molecule has 1 amide bonds. The molecule has 1 aliphatic heterocycles. The van der Waals surface area contributed by atoms with E-state index in [1.165, 1.54) is 0 Å². The summed E-state index contributed by atoms with van der Waals surface area (Å²) in [6, 6.07) is 0. The Morgan fingerprint density at radius 1 is 1.26 bits per heavy atom. The lowest BCUT2D eigenvalue weighted by molar-refractivity contribution is -0.116. The van der Waals surface area contributed by atoms with Gasteiger partial charge < -0.3 is 19.6 Å². The molecule has 2 unspecified atom stereocenters. The topological polar surface area (TPSA) is 86.4 Å². The van der Waals surface area contributed by atoms with E-state index in [1.807, 2.05) is 11.8 Å². The van der Waals surface area contributed by atoms with Gasteiger partial charge in [-0.15, -0.1) is 0 Å². The molecular formula is C20H28N4O3. The van der Waals surface area contributed by atoms with Gasteiger partial charge in [0.25, 0.3) is 5.91 Å². The number of anilines is 1. The third-order valence-electron chi connectivity index (χ3n) is 6.47. The minimum absolute atomic E-state index is 0.0325. The summed E-state index contributed by atoms with van der Waals surface area (Å²) >= 11 is 0. The van der Waals surface area contributed by atoms with E-state index in [1.54, 1.807) is 11.8 Å². The number of aromatic nitrogens is 2. The second-order valence-electron chi connectivity index (χ2n) is 8.41. The largest absolute Gasteiger partial charge is 0.336 e. The molecular weight excluding hydrogens is 344 g/mol. The van der Waals surface area contributed by atoms with Crippen molar-refractivity contribution in [3.8, 4) is 0 Å². The summed E-state index contributed by atoms with van der Waals surface area (Å²) in [5.74, 6) is 2.82. The van der Waals surface area contributed by atoms with Gasteiger partial charge in [-0.3, -0.25) is 9.59 Å². The molecule has 1 aromatic rings. The van der Waals surface area contributed by atoms with Gasteiger partial charge in [0.1, 0.15) is 23.6 Å². The zero-order valence-corrected chi connectivity index (χ0v) is 16.1. The molecule has 1 N–H and O–H groups in total. The number of aldehydes is 1. The molecule has 0 radical (unpaired) electrons. The molecule has 0 spiro atoms. The van der Waals surface area contributed by atoms with Crippen molar-refractivity contribution in [1.82, 2.24) is 14.9 Å². The summed E-state index contributed by atoms with van der Waals surface area (Å²) < 4.78 is 0. The fourth-order valence-corrected chi connectivity index (χ4v) is 5.30. The second-order valence-corrected chi connectivity index (χ2v) is 8.41. The van der Waals surface area contributed by atoms with Crippen LogP contribution in [0.25, 0.3) is 0 Å². The highest BCUT2D eigenvalue weighted by Crippen LogP contribution is 2.51. The summed E-state index contributed by atoms with van der Waals surface area (Å²) in [6.45, 7) is 4.93. The highest BCUT2D eigenvalue weighted by atomic mass is 16.2. The Balaban J connectivity index is 1.62. The molecule has 4 rings (SSSR count). The van der Waals surface area contributed by atoms with Crippen LogP contribution in [0, 0.1) is 17.8 Å². The lowest BCUT2D eigenvalue weighted by atomic mass is 9.73. The number of ketones is 1. The van der Waals surface area contributed by atoms with Gasteiger partial charge in [0.2, 0.25) is 0 Å². The molecule has 0 aromatic carbocycles. The van der Waals surface area contributed by atoms with E-state index in [0.29, 0.717) is 36.6 Å². The first-order chi connectivity index (χ1) is 13.0. The van der Waals surface area contributed by atoms with Crippen molar-refractivity contribution in [3.05, 3.63) is 11.5 Å². The van der Waals surface area contributed by atoms with Gasteiger partial charge in [0.15, 0.2) is 5.82 Å². The SMILES string of the molecule is CCCN1CN(CC(C)=O)c2nc(C3CC4CCC(C3)C4C=O)[nH]c2C1=O. The zero-order valence-electron chi connectivity index (χ0n) is 16.1. The highest BCUT2D eigenvalue weighted by molar-refractivity contribution is 5.99. The van der Waals surface area contributed by atoms with Crippen LogP contribution in [-0.2, 0) is 9.59 Å². The van der Waals surface area contributed by atoms with Crippen molar-refractivity contribution in [1.29, 1.82) is 0 Å².